The maximum Gasteiger partial charge on any atom is 0.226 e. The molecule has 0 aliphatic heterocycles. The maximum atomic E-state index is 12.3. The van der Waals surface area contributed by atoms with E-state index in [0.29, 0.717) is 43.2 Å². The van der Waals surface area contributed by atoms with Gasteiger partial charge >= 0.3 is 0 Å². The largest absolute Gasteiger partial charge is 0.493 e. The Morgan fingerprint density at radius 3 is 2.63 bits per heavy atom. The SMILES string of the molecule is CCCc1noc(CCCC(=O)N(C)CCc2ccc(OC)c(OC)c2)n1. The second kappa shape index (κ2) is 10.5. The standard InChI is InChI=1S/C20H29N3O4/c1-5-7-18-21-19(27-22-18)8-6-9-20(24)23(2)13-12-15-10-11-16(25-3)17(14-15)26-4/h10-11,14H,5-9,12-13H2,1-4H3. The van der Waals surface area contributed by atoms with Gasteiger partial charge in [-0.2, -0.15) is 4.98 Å². The van der Waals surface area contributed by atoms with Crippen molar-refractivity contribution < 1.29 is 18.8 Å². The molecule has 0 fully saturated rings. The number of carbonyl (C=O) groups is 1. The molecule has 2 rings (SSSR count). The molecule has 0 radical (unpaired) electrons. The van der Waals surface area contributed by atoms with Gasteiger partial charge in [0.1, 0.15) is 0 Å². The molecule has 7 nitrogen and oxygen atoms in total. The number of carbonyl (C=O) groups excluding carboxylic acids is 1. The van der Waals surface area contributed by atoms with Crippen LogP contribution in [0.1, 0.15) is 43.5 Å². The molecule has 0 spiro atoms. The molecule has 0 saturated heterocycles. The summed E-state index contributed by atoms with van der Waals surface area (Å²) in [7, 11) is 5.06. The van der Waals surface area contributed by atoms with Gasteiger partial charge in [0.05, 0.1) is 14.2 Å². The second-order valence-electron chi connectivity index (χ2n) is 6.46. The van der Waals surface area contributed by atoms with E-state index < -0.39 is 0 Å². The highest BCUT2D eigenvalue weighted by molar-refractivity contribution is 5.75. The third kappa shape index (κ3) is 6.27. The number of aromatic nitrogens is 2. The Morgan fingerprint density at radius 2 is 1.93 bits per heavy atom. The molecule has 27 heavy (non-hydrogen) atoms. The van der Waals surface area contributed by atoms with Gasteiger partial charge in [0.2, 0.25) is 11.8 Å². The Hall–Kier alpha value is -2.57. The molecule has 148 valence electrons. The molecule has 0 saturated carbocycles. The highest BCUT2D eigenvalue weighted by Gasteiger charge is 2.12. The van der Waals surface area contributed by atoms with E-state index in [1.165, 1.54) is 0 Å². The third-order valence-corrected chi connectivity index (χ3v) is 4.37. The van der Waals surface area contributed by atoms with Gasteiger partial charge in [-0.25, -0.2) is 0 Å². The molecule has 1 heterocycles. The topological polar surface area (TPSA) is 77.7 Å². The zero-order chi connectivity index (χ0) is 19.6. The number of rotatable bonds is 11. The van der Waals surface area contributed by atoms with Crippen LogP contribution in [0.25, 0.3) is 0 Å². The van der Waals surface area contributed by atoms with E-state index in [0.717, 1.165) is 30.7 Å². The summed E-state index contributed by atoms with van der Waals surface area (Å²) in [6.07, 6.45) is 4.36. The monoisotopic (exact) mass is 375 g/mol. The molecule has 0 atom stereocenters. The first-order chi connectivity index (χ1) is 13.1. The number of ether oxygens (including phenoxy) is 2. The van der Waals surface area contributed by atoms with Crippen LogP contribution in [0.15, 0.2) is 22.7 Å². The first-order valence-corrected chi connectivity index (χ1v) is 9.33. The van der Waals surface area contributed by atoms with Crippen LogP contribution in [-0.2, 0) is 24.1 Å². The summed E-state index contributed by atoms with van der Waals surface area (Å²) in [6, 6.07) is 5.82. The summed E-state index contributed by atoms with van der Waals surface area (Å²) < 4.78 is 15.8. The summed E-state index contributed by atoms with van der Waals surface area (Å²) in [5.41, 5.74) is 1.10. The van der Waals surface area contributed by atoms with Crippen LogP contribution in [-0.4, -0.2) is 48.8 Å². The van der Waals surface area contributed by atoms with Crippen molar-refractivity contribution in [3.05, 3.63) is 35.5 Å². The predicted octanol–water partition coefficient (Wildman–Crippen LogP) is 3.06. The zero-order valence-corrected chi connectivity index (χ0v) is 16.7. The number of methoxy groups -OCH3 is 2. The lowest BCUT2D eigenvalue weighted by Crippen LogP contribution is -2.28. The van der Waals surface area contributed by atoms with Crippen molar-refractivity contribution in [2.75, 3.05) is 27.8 Å². The first-order valence-electron chi connectivity index (χ1n) is 9.33. The van der Waals surface area contributed by atoms with Crippen LogP contribution in [0, 0.1) is 0 Å². The molecular weight excluding hydrogens is 346 g/mol. The fourth-order valence-electron chi connectivity index (χ4n) is 2.76. The summed E-state index contributed by atoms with van der Waals surface area (Å²) in [5, 5.41) is 3.93. The zero-order valence-electron chi connectivity index (χ0n) is 16.7. The second-order valence-corrected chi connectivity index (χ2v) is 6.46. The van der Waals surface area contributed by atoms with Crippen molar-refractivity contribution in [3.8, 4) is 11.5 Å². The molecule has 2 aromatic rings. The summed E-state index contributed by atoms with van der Waals surface area (Å²) in [6.45, 7) is 2.72. The van der Waals surface area contributed by atoms with Crippen molar-refractivity contribution in [1.29, 1.82) is 0 Å². The number of hydrogen-bond donors (Lipinski definition) is 0. The molecule has 0 unspecified atom stereocenters. The first kappa shape index (κ1) is 20.7. The van der Waals surface area contributed by atoms with Crippen molar-refractivity contribution in [1.82, 2.24) is 15.0 Å². The van der Waals surface area contributed by atoms with E-state index in [-0.39, 0.29) is 5.91 Å². The molecule has 1 aromatic heterocycles. The highest BCUT2D eigenvalue weighted by atomic mass is 16.5. The molecule has 1 amide bonds. The van der Waals surface area contributed by atoms with Crippen LogP contribution in [0.5, 0.6) is 11.5 Å². The predicted molar refractivity (Wildman–Crippen MR) is 102 cm³/mol. The van der Waals surface area contributed by atoms with Crippen molar-refractivity contribution in [2.24, 2.45) is 0 Å². The average Bonchev–Trinajstić information content (AvgIpc) is 3.13. The van der Waals surface area contributed by atoms with Gasteiger partial charge in [-0.1, -0.05) is 18.1 Å². The van der Waals surface area contributed by atoms with E-state index in [2.05, 4.69) is 17.1 Å². The van der Waals surface area contributed by atoms with Crippen LogP contribution >= 0.6 is 0 Å². The van der Waals surface area contributed by atoms with E-state index in [1.807, 2.05) is 25.2 Å². The molecule has 0 N–H and O–H groups in total. The van der Waals surface area contributed by atoms with Gasteiger partial charge < -0.3 is 18.9 Å². The van der Waals surface area contributed by atoms with E-state index in [1.54, 1.807) is 19.1 Å². The smallest absolute Gasteiger partial charge is 0.226 e. The van der Waals surface area contributed by atoms with Crippen LogP contribution < -0.4 is 9.47 Å². The van der Waals surface area contributed by atoms with Crippen molar-refractivity contribution >= 4 is 5.91 Å². The highest BCUT2D eigenvalue weighted by Crippen LogP contribution is 2.27. The fraction of sp³-hybridized carbons (Fsp3) is 0.550. The number of aryl methyl sites for hydroxylation is 2. The van der Waals surface area contributed by atoms with Gasteiger partial charge in [0, 0.05) is 32.9 Å². The van der Waals surface area contributed by atoms with Crippen molar-refractivity contribution in [3.63, 3.8) is 0 Å². The quantitative estimate of drug-likeness (QED) is 0.601. The summed E-state index contributed by atoms with van der Waals surface area (Å²) >= 11 is 0. The Balaban J connectivity index is 1.74. The normalized spacial score (nSPS) is 10.7. The average molecular weight is 375 g/mol. The van der Waals surface area contributed by atoms with Crippen molar-refractivity contribution in [2.45, 2.75) is 45.4 Å². The lowest BCUT2D eigenvalue weighted by Gasteiger charge is -2.17. The number of hydrogen-bond acceptors (Lipinski definition) is 6. The molecule has 7 heteroatoms. The van der Waals surface area contributed by atoms with Gasteiger partial charge in [-0.3, -0.25) is 4.79 Å². The van der Waals surface area contributed by atoms with E-state index >= 15 is 0 Å². The Kier molecular flexibility index (Phi) is 8.10. The molecule has 0 aliphatic carbocycles. The van der Waals surface area contributed by atoms with Gasteiger partial charge in [0.25, 0.3) is 0 Å². The minimum atomic E-state index is 0.115. The third-order valence-electron chi connectivity index (χ3n) is 4.37. The van der Waals surface area contributed by atoms with E-state index in [9.17, 15) is 4.79 Å². The molecule has 1 aromatic carbocycles. The fourth-order valence-corrected chi connectivity index (χ4v) is 2.76. The maximum absolute atomic E-state index is 12.3. The minimum absolute atomic E-state index is 0.115. The van der Waals surface area contributed by atoms with Crippen LogP contribution in [0.3, 0.4) is 0 Å². The minimum Gasteiger partial charge on any atom is -0.493 e. The van der Waals surface area contributed by atoms with Gasteiger partial charge in [-0.15, -0.1) is 0 Å². The molecule has 0 aliphatic rings. The Labute approximate surface area is 160 Å². The Morgan fingerprint density at radius 1 is 1.15 bits per heavy atom. The van der Waals surface area contributed by atoms with Gasteiger partial charge in [0.15, 0.2) is 17.3 Å². The Bertz CT molecular complexity index is 730. The van der Waals surface area contributed by atoms with E-state index in [4.69, 9.17) is 14.0 Å². The summed E-state index contributed by atoms with van der Waals surface area (Å²) in [4.78, 5) is 18.4. The van der Waals surface area contributed by atoms with Gasteiger partial charge in [-0.05, 0) is 37.0 Å². The summed E-state index contributed by atoms with van der Waals surface area (Å²) in [5.74, 6) is 2.87. The molecular formula is C20H29N3O4. The number of nitrogens with zero attached hydrogens (tertiary/aromatic N) is 3. The number of amides is 1. The lowest BCUT2D eigenvalue weighted by molar-refractivity contribution is -0.129. The molecule has 0 bridgehead atoms. The lowest BCUT2D eigenvalue weighted by atomic mass is 10.1. The van der Waals surface area contributed by atoms with Crippen LogP contribution in [0.4, 0.5) is 0 Å². The number of benzene rings is 1. The number of likely N-dealkylation sites (N-methyl/N-ethyl adjacent to an activating group) is 1. The van der Waals surface area contributed by atoms with Crippen LogP contribution in [0.2, 0.25) is 0 Å².